The van der Waals surface area contributed by atoms with Crippen LogP contribution in [0.4, 0.5) is 0 Å². The van der Waals surface area contributed by atoms with Gasteiger partial charge in [0.25, 0.3) is 0 Å². The fourth-order valence-electron chi connectivity index (χ4n) is 0.917. The van der Waals surface area contributed by atoms with Gasteiger partial charge in [-0.3, -0.25) is 0 Å². The van der Waals surface area contributed by atoms with Crippen LogP contribution in [0.5, 0.6) is 0 Å². The molecule has 0 aliphatic heterocycles. The first-order chi connectivity index (χ1) is 3.88. The number of ether oxygens (including phenoxy) is 1. The first kappa shape index (κ1) is 6.56. The number of hydrogen-bond acceptors (Lipinski definition) is 1. The van der Waals surface area contributed by atoms with Crippen LogP contribution in [-0.4, -0.2) is 19.0 Å². The summed E-state index contributed by atoms with van der Waals surface area (Å²) >= 11 is 3.43. The molecule has 0 aromatic rings. The number of halogens is 1. The maximum atomic E-state index is 4.98. The van der Waals surface area contributed by atoms with Crippen molar-refractivity contribution in [1.82, 2.24) is 0 Å². The highest BCUT2D eigenvalue weighted by Crippen LogP contribution is 2.39. The highest BCUT2D eigenvalue weighted by molar-refractivity contribution is 9.09. The highest BCUT2D eigenvalue weighted by atomic mass is 79.9. The lowest BCUT2D eigenvalue weighted by molar-refractivity contribution is 0.182. The average molecular weight is 179 g/mol. The van der Waals surface area contributed by atoms with E-state index in [1.165, 1.54) is 6.42 Å². The van der Waals surface area contributed by atoms with Crippen molar-refractivity contribution in [3.8, 4) is 0 Å². The van der Waals surface area contributed by atoms with Gasteiger partial charge >= 0.3 is 0 Å². The Morgan fingerprint density at radius 3 is 2.75 bits per heavy atom. The summed E-state index contributed by atoms with van der Waals surface area (Å²) in [5.41, 5.74) is 0. The van der Waals surface area contributed by atoms with E-state index in [2.05, 4.69) is 15.9 Å². The van der Waals surface area contributed by atoms with E-state index in [-0.39, 0.29) is 0 Å². The van der Waals surface area contributed by atoms with Crippen LogP contribution in [0, 0.1) is 11.8 Å². The summed E-state index contributed by atoms with van der Waals surface area (Å²) in [6, 6.07) is 0. The van der Waals surface area contributed by atoms with Gasteiger partial charge in [0, 0.05) is 19.0 Å². The SMILES string of the molecule is COCC1CC1CBr. The molecule has 0 amide bonds. The Labute approximate surface area is 58.5 Å². The minimum atomic E-state index is 0.861. The van der Waals surface area contributed by atoms with Gasteiger partial charge in [-0.1, -0.05) is 15.9 Å². The first-order valence-corrected chi connectivity index (χ1v) is 4.05. The van der Waals surface area contributed by atoms with Crippen LogP contribution in [-0.2, 0) is 4.74 Å². The zero-order valence-corrected chi connectivity index (χ0v) is 6.65. The van der Waals surface area contributed by atoms with E-state index in [0.717, 1.165) is 23.8 Å². The van der Waals surface area contributed by atoms with Crippen molar-refractivity contribution in [2.75, 3.05) is 19.0 Å². The summed E-state index contributed by atoms with van der Waals surface area (Å²) < 4.78 is 4.98. The predicted molar refractivity (Wildman–Crippen MR) is 37.3 cm³/mol. The summed E-state index contributed by atoms with van der Waals surface area (Å²) in [6.45, 7) is 0.955. The van der Waals surface area contributed by atoms with Crippen molar-refractivity contribution in [2.24, 2.45) is 11.8 Å². The number of alkyl halides is 1. The molecule has 0 heterocycles. The van der Waals surface area contributed by atoms with Gasteiger partial charge in [0.2, 0.25) is 0 Å². The second-order valence-electron chi connectivity index (χ2n) is 2.37. The highest BCUT2D eigenvalue weighted by Gasteiger charge is 2.35. The van der Waals surface area contributed by atoms with E-state index in [0.29, 0.717) is 0 Å². The summed E-state index contributed by atoms with van der Waals surface area (Å²) in [4.78, 5) is 0. The molecule has 0 radical (unpaired) electrons. The van der Waals surface area contributed by atoms with Gasteiger partial charge in [0.15, 0.2) is 0 Å². The van der Waals surface area contributed by atoms with Gasteiger partial charge in [-0.25, -0.2) is 0 Å². The van der Waals surface area contributed by atoms with Crippen LogP contribution < -0.4 is 0 Å². The molecular formula is C6H11BrO. The molecule has 0 spiro atoms. The molecule has 48 valence electrons. The monoisotopic (exact) mass is 178 g/mol. The summed E-state index contributed by atoms with van der Waals surface area (Å²) in [5, 5.41) is 1.15. The van der Waals surface area contributed by atoms with E-state index in [1.54, 1.807) is 7.11 Å². The van der Waals surface area contributed by atoms with Gasteiger partial charge in [0.1, 0.15) is 0 Å². The molecular weight excluding hydrogens is 168 g/mol. The summed E-state index contributed by atoms with van der Waals surface area (Å²) in [7, 11) is 1.77. The van der Waals surface area contributed by atoms with Crippen LogP contribution in [0.1, 0.15) is 6.42 Å². The largest absolute Gasteiger partial charge is 0.384 e. The zero-order valence-electron chi connectivity index (χ0n) is 5.06. The van der Waals surface area contributed by atoms with Gasteiger partial charge in [-0.05, 0) is 18.3 Å². The Kier molecular flexibility index (Phi) is 2.32. The molecule has 0 N–H and O–H groups in total. The molecule has 1 saturated carbocycles. The number of hydrogen-bond donors (Lipinski definition) is 0. The number of methoxy groups -OCH3 is 1. The van der Waals surface area contributed by atoms with Crippen LogP contribution in [0.3, 0.4) is 0 Å². The lowest BCUT2D eigenvalue weighted by atomic mass is 10.4. The molecule has 1 nitrogen and oxygen atoms in total. The molecule has 0 saturated heterocycles. The van der Waals surface area contributed by atoms with Crippen molar-refractivity contribution in [1.29, 1.82) is 0 Å². The minimum absolute atomic E-state index is 0.861. The maximum absolute atomic E-state index is 4.98. The molecule has 0 aromatic heterocycles. The third-order valence-corrected chi connectivity index (χ3v) is 2.48. The fraction of sp³-hybridized carbons (Fsp3) is 1.00. The van der Waals surface area contributed by atoms with Crippen molar-refractivity contribution in [2.45, 2.75) is 6.42 Å². The van der Waals surface area contributed by atoms with E-state index in [9.17, 15) is 0 Å². The van der Waals surface area contributed by atoms with E-state index >= 15 is 0 Å². The maximum Gasteiger partial charge on any atom is 0.0493 e. The molecule has 1 rings (SSSR count). The standard InChI is InChI=1S/C6H11BrO/c1-8-4-6-2-5(6)3-7/h5-6H,2-4H2,1H3. The second-order valence-corrected chi connectivity index (χ2v) is 3.01. The molecule has 1 aliphatic rings. The number of rotatable bonds is 3. The van der Waals surface area contributed by atoms with Crippen molar-refractivity contribution in [3.05, 3.63) is 0 Å². The van der Waals surface area contributed by atoms with Crippen LogP contribution in [0.25, 0.3) is 0 Å². The van der Waals surface area contributed by atoms with Crippen LogP contribution >= 0.6 is 15.9 Å². The Hall–Kier alpha value is 0.440. The molecule has 2 heteroatoms. The van der Waals surface area contributed by atoms with E-state index in [1.807, 2.05) is 0 Å². The van der Waals surface area contributed by atoms with Crippen molar-refractivity contribution >= 4 is 15.9 Å². The summed E-state index contributed by atoms with van der Waals surface area (Å²) in [5.74, 6) is 1.77. The summed E-state index contributed by atoms with van der Waals surface area (Å²) in [6.07, 6.45) is 1.36. The molecule has 0 bridgehead atoms. The third kappa shape index (κ3) is 1.46. The molecule has 2 atom stereocenters. The predicted octanol–water partition coefficient (Wildman–Crippen LogP) is 1.66. The Morgan fingerprint density at radius 2 is 2.38 bits per heavy atom. The van der Waals surface area contributed by atoms with Crippen molar-refractivity contribution in [3.63, 3.8) is 0 Å². The third-order valence-electron chi connectivity index (χ3n) is 1.65. The van der Waals surface area contributed by atoms with E-state index < -0.39 is 0 Å². The Morgan fingerprint density at radius 1 is 1.62 bits per heavy atom. The molecule has 0 aromatic carbocycles. The lowest BCUT2D eigenvalue weighted by Crippen LogP contribution is -1.92. The van der Waals surface area contributed by atoms with Crippen LogP contribution in [0.15, 0.2) is 0 Å². The van der Waals surface area contributed by atoms with Gasteiger partial charge < -0.3 is 4.74 Å². The Bertz CT molecular complexity index is 74.9. The fourth-order valence-corrected chi connectivity index (χ4v) is 1.71. The van der Waals surface area contributed by atoms with Gasteiger partial charge in [-0.2, -0.15) is 0 Å². The zero-order chi connectivity index (χ0) is 5.98. The van der Waals surface area contributed by atoms with E-state index in [4.69, 9.17) is 4.74 Å². The lowest BCUT2D eigenvalue weighted by Gasteiger charge is -1.91. The van der Waals surface area contributed by atoms with Gasteiger partial charge in [0.05, 0.1) is 0 Å². The minimum Gasteiger partial charge on any atom is -0.384 e. The average Bonchev–Trinajstić information content (AvgIpc) is 2.48. The molecule has 8 heavy (non-hydrogen) atoms. The molecule has 1 aliphatic carbocycles. The quantitative estimate of drug-likeness (QED) is 0.598. The normalized spacial score (nSPS) is 35.2. The topological polar surface area (TPSA) is 9.23 Å². The van der Waals surface area contributed by atoms with Crippen molar-refractivity contribution < 1.29 is 4.74 Å². The molecule has 1 fully saturated rings. The smallest absolute Gasteiger partial charge is 0.0493 e. The first-order valence-electron chi connectivity index (χ1n) is 2.93. The second kappa shape index (κ2) is 2.83. The van der Waals surface area contributed by atoms with Crippen LogP contribution in [0.2, 0.25) is 0 Å². The van der Waals surface area contributed by atoms with Gasteiger partial charge in [-0.15, -0.1) is 0 Å². The Balaban J connectivity index is 1.99. The molecule has 2 unspecified atom stereocenters.